The molecule has 0 atom stereocenters. The molecular formula is C17H16N2O3S. The fourth-order valence-corrected chi connectivity index (χ4v) is 3.84. The maximum atomic E-state index is 12.9. The van der Waals surface area contributed by atoms with Crippen LogP contribution in [-0.4, -0.2) is 31.0 Å². The Balaban J connectivity index is 2.10. The van der Waals surface area contributed by atoms with E-state index in [0.29, 0.717) is 12.1 Å². The average molecular weight is 328 g/mol. The molecule has 0 N–H and O–H groups in total. The predicted octanol–water partition coefficient (Wildman–Crippen LogP) is 2.36. The molecule has 0 spiro atoms. The molecule has 118 valence electrons. The smallest absolute Gasteiger partial charge is 0.272 e. The van der Waals surface area contributed by atoms with Crippen molar-refractivity contribution in [1.29, 1.82) is 0 Å². The first-order valence-corrected chi connectivity index (χ1v) is 8.69. The molecule has 0 radical (unpaired) electrons. The lowest BCUT2D eigenvalue weighted by atomic mass is 10.2. The van der Waals surface area contributed by atoms with Gasteiger partial charge in [0, 0.05) is 12.0 Å². The molecular weight excluding hydrogens is 312 g/mol. The molecule has 23 heavy (non-hydrogen) atoms. The highest BCUT2D eigenvalue weighted by Crippen LogP contribution is 2.23. The van der Waals surface area contributed by atoms with Gasteiger partial charge in [-0.2, -0.15) is 4.31 Å². The summed E-state index contributed by atoms with van der Waals surface area (Å²) in [5, 5.41) is 0. The van der Waals surface area contributed by atoms with Crippen LogP contribution in [0.1, 0.15) is 17.5 Å². The number of amides is 1. The third-order valence-corrected chi connectivity index (χ3v) is 5.32. The van der Waals surface area contributed by atoms with Crippen molar-refractivity contribution < 1.29 is 13.2 Å². The van der Waals surface area contributed by atoms with Crippen LogP contribution >= 0.6 is 0 Å². The number of aliphatic imine (C=N–C) groups is 1. The molecule has 0 saturated heterocycles. The summed E-state index contributed by atoms with van der Waals surface area (Å²) in [5.41, 5.74) is 1.56. The van der Waals surface area contributed by atoms with Crippen LogP contribution in [0, 0.1) is 6.92 Å². The first-order chi connectivity index (χ1) is 11.0. The Hall–Kier alpha value is -2.47. The van der Waals surface area contributed by atoms with E-state index in [0.717, 1.165) is 9.87 Å². The molecule has 1 amide bonds. The van der Waals surface area contributed by atoms with Gasteiger partial charge in [0.1, 0.15) is 0 Å². The second-order valence-corrected chi connectivity index (χ2v) is 7.08. The van der Waals surface area contributed by atoms with E-state index in [2.05, 4.69) is 4.99 Å². The van der Waals surface area contributed by atoms with Crippen molar-refractivity contribution in [1.82, 2.24) is 4.31 Å². The number of aryl methyl sites for hydroxylation is 1. The van der Waals surface area contributed by atoms with Crippen molar-refractivity contribution in [2.45, 2.75) is 18.2 Å². The predicted molar refractivity (Wildman–Crippen MR) is 87.7 cm³/mol. The van der Waals surface area contributed by atoms with Gasteiger partial charge in [-0.1, -0.05) is 48.0 Å². The summed E-state index contributed by atoms with van der Waals surface area (Å²) < 4.78 is 26.7. The van der Waals surface area contributed by atoms with E-state index in [4.69, 9.17) is 0 Å². The van der Waals surface area contributed by atoms with E-state index in [1.54, 1.807) is 36.4 Å². The van der Waals surface area contributed by atoms with E-state index >= 15 is 0 Å². The molecule has 6 heteroatoms. The molecule has 1 aliphatic rings. The summed E-state index contributed by atoms with van der Waals surface area (Å²) in [5.74, 6) is -0.276. The Morgan fingerprint density at radius 3 is 2.30 bits per heavy atom. The van der Waals surface area contributed by atoms with E-state index in [-0.39, 0.29) is 17.2 Å². The average Bonchev–Trinajstić information content (AvgIpc) is 2.55. The van der Waals surface area contributed by atoms with Crippen LogP contribution in [-0.2, 0) is 14.8 Å². The van der Waals surface area contributed by atoms with Crippen molar-refractivity contribution in [3.05, 3.63) is 65.7 Å². The maximum Gasteiger partial charge on any atom is 0.272 e. The van der Waals surface area contributed by atoms with Gasteiger partial charge >= 0.3 is 0 Å². The Bertz CT molecular complexity index is 856. The normalized spacial score (nSPS) is 15.4. The number of sulfonamides is 1. The number of rotatable bonds is 3. The van der Waals surface area contributed by atoms with E-state index in [1.165, 1.54) is 12.1 Å². The highest BCUT2D eigenvalue weighted by Gasteiger charge is 2.35. The summed E-state index contributed by atoms with van der Waals surface area (Å²) in [7, 11) is -3.97. The van der Waals surface area contributed by atoms with Crippen LogP contribution in [0.2, 0.25) is 0 Å². The van der Waals surface area contributed by atoms with E-state index in [9.17, 15) is 13.2 Å². The van der Waals surface area contributed by atoms with Crippen molar-refractivity contribution in [2.75, 3.05) is 6.54 Å². The Morgan fingerprint density at radius 2 is 1.65 bits per heavy atom. The minimum Gasteiger partial charge on any atom is -0.273 e. The van der Waals surface area contributed by atoms with Crippen LogP contribution in [0.5, 0.6) is 0 Å². The summed E-state index contributed by atoms with van der Waals surface area (Å²) in [6, 6.07) is 15.3. The molecule has 0 aliphatic carbocycles. The molecule has 0 saturated carbocycles. The fraction of sp³-hybridized carbons (Fsp3) is 0.176. The van der Waals surface area contributed by atoms with Gasteiger partial charge in [0.2, 0.25) is 5.91 Å². The van der Waals surface area contributed by atoms with Crippen LogP contribution < -0.4 is 0 Å². The first-order valence-electron chi connectivity index (χ1n) is 7.25. The molecule has 0 fully saturated rings. The lowest BCUT2D eigenvalue weighted by Crippen LogP contribution is -2.45. The molecule has 5 nitrogen and oxygen atoms in total. The zero-order valence-electron chi connectivity index (χ0n) is 12.6. The zero-order chi connectivity index (χ0) is 16.4. The van der Waals surface area contributed by atoms with Gasteiger partial charge in [0.25, 0.3) is 10.0 Å². The van der Waals surface area contributed by atoms with Crippen molar-refractivity contribution >= 4 is 21.8 Å². The van der Waals surface area contributed by atoms with Gasteiger partial charge in [0.05, 0.1) is 11.4 Å². The molecule has 1 heterocycles. The largest absolute Gasteiger partial charge is 0.273 e. The second-order valence-electron chi connectivity index (χ2n) is 5.30. The molecule has 0 unspecified atom stereocenters. The van der Waals surface area contributed by atoms with Crippen LogP contribution in [0.15, 0.2) is 64.5 Å². The highest BCUT2D eigenvalue weighted by atomic mass is 32.2. The third kappa shape index (κ3) is 2.90. The van der Waals surface area contributed by atoms with E-state index < -0.39 is 15.9 Å². The number of carbonyl (C=O) groups is 1. The minimum absolute atomic E-state index is 0.0847. The fourth-order valence-electron chi connectivity index (χ4n) is 2.40. The summed E-state index contributed by atoms with van der Waals surface area (Å²) in [6.45, 7) is 2.17. The molecule has 0 bridgehead atoms. The number of hydrogen-bond donors (Lipinski definition) is 0. The van der Waals surface area contributed by atoms with Crippen molar-refractivity contribution in [3.8, 4) is 0 Å². The highest BCUT2D eigenvalue weighted by molar-refractivity contribution is 7.90. The summed E-state index contributed by atoms with van der Waals surface area (Å²) in [6.07, 6.45) is 0.0847. The first kappa shape index (κ1) is 15.4. The minimum atomic E-state index is -3.97. The molecule has 1 aliphatic heterocycles. The molecule has 3 rings (SSSR count). The van der Waals surface area contributed by atoms with Crippen LogP contribution in [0.4, 0.5) is 0 Å². The number of benzene rings is 2. The van der Waals surface area contributed by atoms with Crippen LogP contribution in [0.25, 0.3) is 0 Å². The number of amidine groups is 1. The van der Waals surface area contributed by atoms with Crippen molar-refractivity contribution in [2.24, 2.45) is 4.99 Å². The standard InChI is InChI=1S/C17H16N2O3S/c1-13-7-9-15(10-8-13)23(21,22)19-16(20)11-12-18-17(19)14-5-3-2-4-6-14/h2-10H,11-12H2,1H3. The molecule has 0 aromatic heterocycles. The summed E-state index contributed by atoms with van der Waals surface area (Å²) >= 11 is 0. The monoisotopic (exact) mass is 328 g/mol. The number of nitrogens with zero attached hydrogens (tertiary/aromatic N) is 2. The van der Waals surface area contributed by atoms with Gasteiger partial charge in [-0.3, -0.25) is 9.79 Å². The number of hydrogen-bond acceptors (Lipinski definition) is 4. The number of carbonyl (C=O) groups excluding carboxylic acids is 1. The Kier molecular flexibility index (Phi) is 4.00. The van der Waals surface area contributed by atoms with Gasteiger partial charge in [0.15, 0.2) is 5.84 Å². The SMILES string of the molecule is Cc1ccc(S(=O)(=O)N2C(=O)CCN=C2c2ccccc2)cc1. The topological polar surface area (TPSA) is 66.8 Å². The lowest BCUT2D eigenvalue weighted by Gasteiger charge is -2.27. The zero-order valence-corrected chi connectivity index (χ0v) is 13.5. The maximum absolute atomic E-state index is 12.9. The third-order valence-electron chi connectivity index (χ3n) is 3.60. The Morgan fingerprint density at radius 1 is 1.00 bits per heavy atom. The Labute approximate surface area is 135 Å². The van der Waals surface area contributed by atoms with Gasteiger partial charge < -0.3 is 0 Å². The second kappa shape index (κ2) is 5.96. The quantitative estimate of drug-likeness (QED) is 0.869. The molecule has 2 aromatic carbocycles. The molecule has 2 aromatic rings. The van der Waals surface area contributed by atoms with Gasteiger partial charge in [-0.05, 0) is 19.1 Å². The van der Waals surface area contributed by atoms with Crippen molar-refractivity contribution in [3.63, 3.8) is 0 Å². The van der Waals surface area contributed by atoms with E-state index in [1.807, 2.05) is 13.0 Å². The van der Waals surface area contributed by atoms with Crippen LogP contribution in [0.3, 0.4) is 0 Å². The van der Waals surface area contributed by atoms with Gasteiger partial charge in [-0.15, -0.1) is 0 Å². The van der Waals surface area contributed by atoms with Gasteiger partial charge in [-0.25, -0.2) is 8.42 Å². The summed E-state index contributed by atoms with van der Waals surface area (Å²) in [4.78, 5) is 16.7. The lowest BCUT2D eigenvalue weighted by molar-refractivity contribution is -0.124.